The number of carbonyl (C=O) groups is 1. The van der Waals surface area contributed by atoms with Gasteiger partial charge in [0.1, 0.15) is 31.3 Å². The summed E-state index contributed by atoms with van der Waals surface area (Å²) in [6.07, 6.45) is 3.12. The maximum atomic E-state index is 16.0. The zero-order chi connectivity index (χ0) is 33.4. The lowest BCUT2D eigenvalue weighted by Crippen LogP contribution is -2.53. The van der Waals surface area contributed by atoms with Crippen molar-refractivity contribution in [1.82, 2.24) is 10.2 Å². The number of methoxy groups -OCH3 is 2. The standard InChI is InChI=1S/C37H46FN3O6/c1-36(2,3)25-47-40-33(35(42)39-24-37-14-17-41(18-15-37)19-16-37)28-20-31(38)34(46-23-27-8-12-30(44-5)13-9-27)32(21-28)45-22-26-6-10-29(43-4)11-7-26/h6-13,20-21H,14-19,22-25H2,1-5H3,(H,39,42)/b40-33-. The summed E-state index contributed by atoms with van der Waals surface area (Å²) in [5.74, 6) is 0.384. The van der Waals surface area contributed by atoms with Gasteiger partial charge in [-0.05, 0) is 97.3 Å². The van der Waals surface area contributed by atoms with Gasteiger partial charge in [0, 0.05) is 12.1 Å². The lowest BCUT2D eigenvalue weighted by Gasteiger charge is -2.48. The van der Waals surface area contributed by atoms with E-state index in [-0.39, 0.29) is 53.4 Å². The van der Waals surface area contributed by atoms with Gasteiger partial charge in [-0.25, -0.2) is 4.39 Å². The highest BCUT2D eigenvalue weighted by Gasteiger charge is 2.39. The largest absolute Gasteiger partial charge is 0.497 e. The van der Waals surface area contributed by atoms with Gasteiger partial charge in [-0.15, -0.1) is 0 Å². The molecule has 3 saturated heterocycles. The van der Waals surface area contributed by atoms with Crippen LogP contribution in [0.4, 0.5) is 4.39 Å². The quantitative estimate of drug-likeness (QED) is 0.161. The summed E-state index contributed by atoms with van der Waals surface area (Å²) in [6.45, 7) is 10.2. The topological polar surface area (TPSA) is 90.8 Å². The number of halogens is 1. The molecule has 10 heteroatoms. The molecule has 6 rings (SSSR count). The fourth-order valence-corrected chi connectivity index (χ4v) is 5.74. The van der Waals surface area contributed by atoms with Gasteiger partial charge in [-0.2, -0.15) is 0 Å². The molecule has 3 aliphatic rings. The third kappa shape index (κ3) is 9.16. The molecular weight excluding hydrogens is 601 g/mol. The van der Waals surface area contributed by atoms with Crippen LogP contribution in [0.25, 0.3) is 0 Å². The van der Waals surface area contributed by atoms with Gasteiger partial charge in [0.05, 0.1) is 14.2 Å². The summed E-state index contributed by atoms with van der Waals surface area (Å²) >= 11 is 0. The number of hydrogen-bond acceptors (Lipinski definition) is 8. The van der Waals surface area contributed by atoms with E-state index in [1.165, 1.54) is 6.07 Å². The van der Waals surface area contributed by atoms with Crippen molar-refractivity contribution in [2.24, 2.45) is 16.0 Å². The first kappa shape index (κ1) is 34.0. The molecule has 0 radical (unpaired) electrons. The monoisotopic (exact) mass is 647 g/mol. The molecule has 0 unspecified atom stereocenters. The first-order chi connectivity index (χ1) is 22.6. The average molecular weight is 648 g/mol. The Balaban J connectivity index is 1.43. The number of amides is 1. The Labute approximate surface area is 277 Å². The van der Waals surface area contributed by atoms with Crippen molar-refractivity contribution in [2.75, 3.05) is 47.0 Å². The molecule has 0 atom stereocenters. The van der Waals surface area contributed by atoms with Crippen molar-refractivity contribution < 1.29 is 33.0 Å². The second-order valence-electron chi connectivity index (χ2n) is 13.6. The van der Waals surface area contributed by atoms with Gasteiger partial charge in [-0.3, -0.25) is 4.79 Å². The molecule has 1 N–H and O–H groups in total. The molecule has 0 aromatic heterocycles. The second kappa shape index (κ2) is 15.1. The summed E-state index contributed by atoms with van der Waals surface area (Å²) in [6, 6.07) is 17.6. The van der Waals surface area contributed by atoms with E-state index in [9.17, 15) is 4.79 Å². The Morgan fingerprint density at radius 3 is 1.96 bits per heavy atom. The Hall–Kier alpha value is -4.31. The molecule has 0 saturated carbocycles. The average Bonchev–Trinajstić information content (AvgIpc) is 3.08. The fraction of sp³-hybridized carbons (Fsp3) is 0.459. The minimum absolute atomic E-state index is 0.0196. The Kier molecular flexibility index (Phi) is 10.9. The molecule has 252 valence electrons. The number of nitrogens with one attached hydrogen (secondary N) is 1. The smallest absolute Gasteiger partial charge is 0.273 e. The number of oxime groups is 1. The first-order valence-electron chi connectivity index (χ1n) is 16.1. The summed E-state index contributed by atoms with van der Waals surface area (Å²) in [7, 11) is 3.20. The van der Waals surface area contributed by atoms with E-state index >= 15 is 4.39 Å². The molecular formula is C37H46FN3O6. The molecule has 47 heavy (non-hydrogen) atoms. The minimum Gasteiger partial charge on any atom is -0.497 e. The van der Waals surface area contributed by atoms with E-state index < -0.39 is 11.7 Å². The Morgan fingerprint density at radius 2 is 1.43 bits per heavy atom. The Morgan fingerprint density at radius 1 is 0.872 bits per heavy atom. The van der Waals surface area contributed by atoms with Gasteiger partial charge in [-0.1, -0.05) is 50.2 Å². The summed E-state index contributed by atoms with van der Waals surface area (Å²) < 4.78 is 38.7. The normalized spacial score (nSPS) is 19.2. The number of rotatable bonds is 14. The molecule has 1 amide bonds. The zero-order valence-electron chi connectivity index (χ0n) is 28.1. The molecule has 0 aliphatic carbocycles. The van der Waals surface area contributed by atoms with Gasteiger partial charge >= 0.3 is 0 Å². The van der Waals surface area contributed by atoms with Gasteiger partial charge in [0.2, 0.25) is 0 Å². The summed E-state index contributed by atoms with van der Waals surface area (Å²) in [4.78, 5) is 21.9. The number of nitrogens with zero attached hydrogens (tertiary/aromatic N) is 2. The van der Waals surface area contributed by atoms with Crippen LogP contribution >= 0.6 is 0 Å². The van der Waals surface area contributed by atoms with Gasteiger partial charge in [0.15, 0.2) is 23.0 Å². The van der Waals surface area contributed by atoms with Crippen LogP contribution in [0.2, 0.25) is 0 Å². The maximum absolute atomic E-state index is 16.0. The third-order valence-corrected chi connectivity index (χ3v) is 8.75. The van der Waals surface area contributed by atoms with Crippen molar-refractivity contribution >= 4 is 11.6 Å². The van der Waals surface area contributed by atoms with E-state index in [1.807, 2.05) is 69.3 Å². The van der Waals surface area contributed by atoms with Crippen molar-refractivity contribution in [1.29, 1.82) is 0 Å². The van der Waals surface area contributed by atoms with Crippen molar-refractivity contribution in [2.45, 2.75) is 53.2 Å². The van der Waals surface area contributed by atoms with Crippen LogP contribution in [0.5, 0.6) is 23.0 Å². The van der Waals surface area contributed by atoms with E-state index in [0.717, 1.165) is 50.0 Å². The van der Waals surface area contributed by atoms with Crippen molar-refractivity contribution in [3.8, 4) is 23.0 Å². The van der Waals surface area contributed by atoms with Crippen molar-refractivity contribution in [3.63, 3.8) is 0 Å². The van der Waals surface area contributed by atoms with Crippen molar-refractivity contribution in [3.05, 3.63) is 83.2 Å². The molecule has 3 aliphatic heterocycles. The van der Waals surface area contributed by atoms with Crippen LogP contribution < -0.4 is 24.3 Å². The first-order valence-corrected chi connectivity index (χ1v) is 16.1. The zero-order valence-corrected chi connectivity index (χ0v) is 28.1. The molecule has 9 nitrogen and oxygen atoms in total. The van der Waals surface area contributed by atoms with E-state index in [4.69, 9.17) is 23.8 Å². The molecule has 0 spiro atoms. The highest BCUT2D eigenvalue weighted by molar-refractivity contribution is 6.45. The van der Waals surface area contributed by atoms with Crippen LogP contribution in [0, 0.1) is 16.6 Å². The van der Waals surface area contributed by atoms with Crippen LogP contribution in [-0.2, 0) is 22.8 Å². The lowest BCUT2D eigenvalue weighted by atomic mass is 9.72. The molecule has 3 heterocycles. The van der Waals surface area contributed by atoms with Gasteiger partial charge < -0.3 is 34.0 Å². The Bertz CT molecular complexity index is 1510. The minimum atomic E-state index is -0.685. The number of piperidine rings is 3. The van der Waals surface area contributed by atoms with Crippen LogP contribution in [0.15, 0.2) is 65.8 Å². The summed E-state index contributed by atoms with van der Waals surface area (Å²) in [5, 5.41) is 7.38. The molecule has 3 aromatic carbocycles. The van der Waals surface area contributed by atoms with Crippen LogP contribution in [-0.4, -0.2) is 63.5 Å². The molecule has 3 fully saturated rings. The molecule has 3 aromatic rings. The summed E-state index contributed by atoms with van der Waals surface area (Å²) in [5.41, 5.74) is 1.74. The van der Waals surface area contributed by atoms with Crippen LogP contribution in [0.3, 0.4) is 0 Å². The fourth-order valence-electron chi connectivity index (χ4n) is 5.74. The third-order valence-electron chi connectivity index (χ3n) is 8.75. The SMILES string of the molecule is COc1ccc(COc2cc(/C(=N/OCC(C)(C)C)C(=O)NCC34CCN(CC3)CC4)cc(F)c2OCc2ccc(OC)cc2)cc1. The van der Waals surface area contributed by atoms with Gasteiger partial charge in [0.25, 0.3) is 5.91 Å². The van der Waals surface area contributed by atoms with E-state index in [0.29, 0.717) is 18.0 Å². The highest BCUT2D eigenvalue weighted by atomic mass is 19.1. The number of fused-ring (bicyclic) bond motifs is 3. The molecule has 2 bridgehead atoms. The number of hydrogen-bond donors (Lipinski definition) is 1. The number of benzene rings is 3. The highest BCUT2D eigenvalue weighted by Crippen LogP contribution is 2.39. The predicted octanol–water partition coefficient (Wildman–Crippen LogP) is 6.37. The van der Waals surface area contributed by atoms with Crippen LogP contribution in [0.1, 0.15) is 56.7 Å². The van der Waals surface area contributed by atoms with E-state index in [1.54, 1.807) is 20.3 Å². The van der Waals surface area contributed by atoms with E-state index in [2.05, 4.69) is 15.4 Å². The second-order valence-corrected chi connectivity index (χ2v) is 13.6. The number of ether oxygens (including phenoxy) is 4. The maximum Gasteiger partial charge on any atom is 0.273 e. The predicted molar refractivity (Wildman–Crippen MR) is 179 cm³/mol. The lowest BCUT2D eigenvalue weighted by molar-refractivity contribution is -0.116. The number of carbonyl (C=O) groups excluding carboxylic acids is 1.